The topological polar surface area (TPSA) is 86.7 Å². The van der Waals surface area contributed by atoms with E-state index in [2.05, 4.69) is 5.32 Å². The first-order valence-corrected chi connectivity index (χ1v) is 9.17. The highest BCUT2D eigenvalue weighted by Gasteiger charge is 2.28. The fourth-order valence-electron chi connectivity index (χ4n) is 2.53. The minimum absolute atomic E-state index is 0.0864. The lowest BCUT2D eigenvalue weighted by Crippen LogP contribution is -2.28. The highest BCUT2D eigenvalue weighted by Crippen LogP contribution is 2.30. The van der Waals surface area contributed by atoms with Crippen molar-refractivity contribution in [3.63, 3.8) is 0 Å². The quantitative estimate of drug-likeness (QED) is 0.825. The molecular formula is C16H24N2O4S. The third-order valence-corrected chi connectivity index (χ3v) is 5.53. The predicted molar refractivity (Wildman–Crippen MR) is 88.8 cm³/mol. The maximum Gasteiger partial charge on any atom is 0.243 e. The number of anilines is 1. The zero-order chi connectivity index (χ0) is 17.3. The largest absolute Gasteiger partial charge is 0.506 e. The standard InChI is InChI=1S/C16H24N2O4S/c1-16(2,3)11-15(20)17-13-10-12(6-7-14(13)19)23(21,22)18-8-4-5-9-18/h6-7,10,19H,4-5,8-9,11H2,1-3H3,(H,17,20). The summed E-state index contributed by atoms with van der Waals surface area (Å²) in [5.74, 6) is -0.406. The Morgan fingerprint density at radius 3 is 2.43 bits per heavy atom. The molecule has 0 aliphatic carbocycles. The van der Waals surface area contributed by atoms with Crippen molar-refractivity contribution >= 4 is 21.6 Å². The number of hydrogen-bond acceptors (Lipinski definition) is 4. The molecule has 0 aromatic heterocycles. The monoisotopic (exact) mass is 340 g/mol. The second-order valence-electron chi connectivity index (χ2n) is 7.08. The van der Waals surface area contributed by atoms with E-state index in [1.54, 1.807) is 0 Å². The molecule has 1 amide bonds. The number of aromatic hydroxyl groups is 1. The van der Waals surface area contributed by atoms with E-state index in [1.807, 2.05) is 20.8 Å². The molecule has 2 rings (SSSR count). The van der Waals surface area contributed by atoms with Gasteiger partial charge in [-0.3, -0.25) is 4.79 Å². The van der Waals surface area contributed by atoms with E-state index in [1.165, 1.54) is 22.5 Å². The van der Waals surface area contributed by atoms with E-state index in [0.717, 1.165) is 12.8 Å². The first-order valence-electron chi connectivity index (χ1n) is 7.73. The first-order chi connectivity index (χ1) is 10.6. The smallest absolute Gasteiger partial charge is 0.243 e. The Labute approximate surface area is 137 Å². The van der Waals surface area contributed by atoms with Crippen molar-refractivity contribution < 1.29 is 18.3 Å². The highest BCUT2D eigenvalue weighted by molar-refractivity contribution is 7.89. The maximum absolute atomic E-state index is 12.5. The van der Waals surface area contributed by atoms with E-state index >= 15 is 0 Å². The van der Waals surface area contributed by atoms with Gasteiger partial charge in [-0.05, 0) is 36.5 Å². The summed E-state index contributed by atoms with van der Waals surface area (Å²) in [6, 6.07) is 3.99. The molecule has 7 heteroatoms. The third-order valence-electron chi connectivity index (χ3n) is 3.64. The Hall–Kier alpha value is -1.60. The second kappa shape index (κ2) is 6.49. The van der Waals surface area contributed by atoms with Gasteiger partial charge in [0.2, 0.25) is 15.9 Å². The summed E-state index contributed by atoms with van der Waals surface area (Å²) in [4.78, 5) is 12.1. The van der Waals surface area contributed by atoms with Gasteiger partial charge in [-0.2, -0.15) is 4.31 Å². The van der Waals surface area contributed by atoms with E-state index in [-0.39, 0.29) is 34.1 Å². The number of rotatable bonds is 4. The number of amides is 1. The molecule has 1 fully saturated rings. The van der Waals surface area contributed by atoms with Gasteiger partial charge in [0.1, 0.15) is 5.75 Å². The number of carbonyl (C=O) groups excluding carboxylic acids is 1. The molecule has 1 saturated heterocycles. The van der Waals surface area contributed by atoms with Crippen molar-refractivity contribution in [2.24, 2.45) is 5.41 Å². The fourth-order valence-corrected chi connectivity index (χ4v) is 4.07. The molecule has 0 radical (unpaired) electrons. The van der Waals surface area contributed by atoms with Crippen LogP contribution in [0.3, 0.4) is 0 Å². The molecule has 0 unspecified atom stereocenters. The van der Waals surface area contributed by atoms with Crippen molar-refractivity contribution in [2.75, 3.05) is 18.4 Å². The minimum atomic E-state index is -3.58. The van der Waals surface area contributed by atoms with Crippen LogP contribution < -0.4 is 5.32 Å². The van der Waals surface area contributed by atoms with Gasteiger partial charge in [0.25, 0.3) is 0 Å². The zero-order valence-electron chi connectivity index (χ0n) is 13.8. The zero-order valence-corrected chi connectivity index (χ0v) is 14.6. The molecule has 1 heterocycles. The van der Waals surface area contributed by atoms with E-state index in [4.69, 9.17) is 0 Å². The maximum atomic E-state index is 12.5. The summed E-state index contributed by atoms with van der Waals surface area (Å²) in [6.45, 7) is 6.81. The molecule has 1 aliphatic rings. The van der Waals surface area contributed by atoms with Crippen LogP contribution in [0.15, 0.2) is 23.1 Å². The molecule has 2 N–H and O–H groups in total. The molecule has 1 aliphatic heterocycles. The van der Waals surface area contributed by atoms with Gasteiger partial charge in [-0.25, -0.2) is 8.42 Å². The molecule has 0 spiro atoms. The average Bonchev–Trinajstić information content (AvgIpc) is 2.93. The number of phenols is 1. The fraction of sp³-hybridized carbons (Fsp3) is 0.562. The third kappa shape index (κ3) is 4.45. The average molecular weight is 340 g/mol. The first kappa shape index (κ1) is 17.7. The Kier molecular flexibility index (Phi) is 5.01. The molecule has 0 saturated carbocycles. The van der Waals surface area contributed by atoms with Gasteiger partial charge in [-0.1, -0.05) is 20.8 Å². The van der Waals surface area contributed by atoms with Crippen LogP contribution in [-0.4, -0.2) is 36.8 Å². The summed E-state index contributed by atoms with van der Waals surface area (Å²) in [6.07, 6.45) is 1.98. The number of phenolic OH excluding ortho intramolecular Hbond substituents is 1. The van der Waals surface area contributed by atoms with Crippen LogP contribution in [0.1, 0.15) is 40.0 Å². The van der Waals surface area contributed by atoms with Gasteiger partial charge >= 0.3 is 0 Å². The number of carbonyl (C=O) groups is 1. The van der Waals surface area contributed by atoms with E-state index < -0.39 is 10.0 Å². The summed E-state index contributed by atoms with van der Waals surface area (Å²) >= 11 is 0. The summed E-state index contributed by atoms with van der Waals surface area (Å²) in [7, 11) is -3.58. The molecule has 0 atom stereocenters. The Balaban J connectivity index is 2.24. The van der Waals surface area contributed by atoms with Crippen molar-refractivity contribution in [3.8, 4) is 5.75 Å². The van der Waals surface area contributed by atoms with Crippen LogP contribution in [0, 0.1) is 5.41 Å². The molecule has 128 valence electrons. The normalized spacial score (nSPS) is 16.5. The Bertz CT molecular complexity index is 687. The van der Waals surface area contributed by atoms with Crippen LogP contribution in [0.2, 0.25) is 0 Å². The number of nitrogens with zero attached hydrogens (tertiary/aromatic N) is 1. The van der Waals surface area contributed by atoms with Crippen LogP contribution >= 0.6 is 0 Å². The highest BCUT2D eigenvalue weighted by atomic mass is 32.2. The SMILES string of the molecule is CC(C)(C)CC(=O)Nc1cc(S(=O)(=O)N2CCCC2)ccc1O. The summed E-state index contributed by atoms with van der Waals surface area (Å²) in [5.41, 5.74) is -0.0709. The Morgan fingerprint density at radius 1 is 1.26 bits per heavy atom. The number of sulfonamides is 1. The molecular weight excluding hydrogens is 316 g/mol. The van der Waals surface area contributed by atoms with Crippen molar-refractivity contribution in [1.29, 1.82) is 0 Å². The van der Waals surface area contributed by atoms with Gasteiger partial charge in [0, 0.05) is 19.5 Å². The Morgan fingerprint density at radius 2 is 1.87 bits per heavy atom. The number of benzene rings is 1. The molecule has 6 nitrogen and oxygen atoms in total. The lowest BCUT2D eigenvalue weighted by molar-refractivity contribution is -0.117. The van der Waals surface area contributed by atoms with E-state index in [0.29, 0.717) is 13.1 Å². The summed E-state index contributed by atoms with van der Waals surface area (Å²) in [5, 5.41) is 12.5. The molecule has 23 heavy (non-hydrogen) atoms. The molecule has 0 bridgehead atoms. The van der Waals surface area contributed by atoms with Gasteiger partial charge in [-0.15, -0.1) is 0 Å². The summed E-state index contributed by atoms with van der Waals surface area (Å²) < 4.78 is 26.5. The van der Waals surface area contributed by atoms with Crippen LogP contribution in [0.5, 0.6) is 5.75 Å². The van der Waals surface area contributed by atoms with Gasteiger partial charge in [0.05, 0.1) is 10.6 Å². The van der Waals surface area contributed by atoms with Crippen LogP contribution in [0.4, 0.5) is 5.69 Å². The van der Waals surface area contributed by atoms with Crippen molar-refractivity contribution in [3.05, 3.63) is 18.2 Å². The lowest BCUT2D eigenvalue weighted by Gasteiger charge is -2.19. The second-order valence-corrected chi connectivity index (χ2v) is 9.01. The molecule has 1 aromatic rings. The van der Waals surface area contributed by atoms with Crippen LogP contribution in [0.25, 0.3) is 0 Å². The lowest BCUT2D eigenvalue weighted by atomic mass is 9.92. The number of hydrogen-bond donors (Lipinski definition) is 2. The molecule has 1 aromatic carbocycles. The van der Waals surface area contributed by atoms with Gasteiger partial charge < -0.3 is 10.4 Å². The predicted octanol–water partition coefficient (Wildman–Crippen LogP) is 2.55. The number of nitrogens with one attached hydrogen (secondary N) is 1. The van der Waals surface area contributed by atoms with E-state index in [9.17, 15) is 18.3 Å². The van der Waals surface area contributed by atoms with Crippen molar-refractivity contribution in [2.45, 2.75) is 44.9 Å². The van der Waals surface area contributed by atoms with Crippen LogP contribution in [-0.2, 0) is 14.8 Å². The van der Waals surface area contributed by atoms with Crippen molar-refractivity contribution in [1.82, 2.24) is 4.31 Å². The minimum Gasteiger partial charge on any atom is -0.506 e. The van der Waals surface area contributed by atoms with Gasteiger partial charge in [0.15, 0.2) is 0 Å².